The molecule has 1 aliphatic heterocycles. The predicted octanol–water partition coefficient (Wildman–Crippen LogP) is 4.20. The summed E-state index contributed by atoms with van der Waals surface area (Å²) in [5.41, 5.74) is 2.26. The molecule has 2 aromatic carbocycles. The van der Waals surface area contributed by atoms with E-state index in [0.29, 0.717) is 41.5 Å². The number of imide groups is 1. The summed E-state index contributed by atoms with van der Waals surface area (Å²) in [6.07, 6.45) is 1.73. The van der Waals surface area contributed by atoms with Gasteiger partial charge in [-0.05, 0) is 44.0 Å². The third-order valence-electron chi connectivity index (χ3n) is 4.84. The van der Waals surface area contributed by atoms with E-state index >= 15 is 0 Å². The van der Waals surface area contributed by atoms with Gasteiger partial charge < -0.3 is 14.8 Å². The molecular weight excluding hydrogens is 396 g/mol. The molecule has 0 aliphatic carbocycles. The summed E-state index contributed by atoms with van der Waals surface area (Å²) in [7, 11) is 0. The SMILES string of the molecule is CCCOc1ccc(NC(=O)CCN2C(=O)c3ccc(C)cc3C2=O)cc1OCCC. The monoisotopic (exact) mass is 424 g/mol. The molecule has 31 heavy (non-hydrogen) atoms. The van der Waals surface area contributed by atoms with E-state index in [1.54, 1.807) is 36.4 Å². The number of carbonyl (C=O) groups is 3. The number of carbonyl (C=O) groups excluding carboxylic acids is 3. The van der Waals surface area contributed by atoms with Crippen molar-refractivity contribution in [3.8, 4) is 11.5 Å². The molecule has 0 atom stereocenters. The van der Waals surface area contributed by atoms with Gasteiger partial charge in [-0.15, -0.1) is 0 Å². The Kier molecular flexibility index (Phi) is 7.28. The number of ether oxygens (including phenoxy) is 2. The first-order chi connectivity index (χ1) is 14.9. The number of anilines is 1. The molecule has 1 aliphatic rings. The Labute approximate surface area is 182 Å². The molecule has 0 spiro atoms. The summed E-state index contributed by atoms with van der Waals surface area (Å²) in [4.78, 5) is 38.6. The van der Waals surface area contributed by atoms with E-state index in [1.165, 1.54) is 0 Å². The smallest absolute Gasteiger partial charge is 0.261 e. The van der Waals surface area contributed by atoms with Crippen LogP contribution in [0.25, 0.3) is 0 Å². The Morgan fingerprint density at radius 3 is 2.29 bits per heavy atom. The second kappa shape index (κ2) is 10.1. The maximum atomic E-state index is 12.5. The number of fused-ring (bicyclic) bond motifs is 1. The Morgan fingerprint density at radius 2 is 1.58 bits per heavy atom. The van der Waals surface area contributed by atoms with Crippen molar-refractivity contribution in [1.82, 2.24) is 4.90 Å². The number of hydrogen-bond acceptors (Lipinski definition) is 5. The van der Waals surface area contributed by atoms with E-state index in [9.17, 15) is 14.4 Å². The fourth-order valence-corrected chi connectivity index (χ4v) is 3.29. The molecule has 0 radical (unpaired) electrons. The van der Waals surface area contributed by atoms with Crippen molar-refractivity contribution in [3.63, 3.8) is 0 Å². The minimum Gasteiger partial charge on any atom is -0.490 e. The number of nitrogens with one attached hydrogen (secondary N) is 1. The van der Waals surface area contributed by atoms with Crippen LogP contribution in [0.3, 0.4) is 0 Å². The van der Waals surface area contributed by atoms with Gasteiger partial charge in [0.05, 0.1) is 24.3 Å². The summed E-state index contributed by atoms with van der Waals surface area (Å²) in [6, 6.07) is 10.4. The lowest BCUT2D eigenvalue weighted by atomic mass is 10.1. The van der Waals surface area contributed by atoms with Crippen molar-refractivity contribution in [2.24, 2.45) is 0 Å². The first-order valence-electron chi connectivity index (χ1n) is 10.6. The molecular formula is C24H28N2O5. The second-order valence-corrected chi connectivity index (χ2v) is 7.47. The molecule has 0 saturated heterocycles. The van der Waals surface area contributed by atoms with Crippen LogP contribution < -0.4 is 14.8 Å². The Balaban J connectivity index is 1.62. The van der Waals surface area contributed by atoms with Crippen LogP contribution in [0.15, 0.2) is 36.4 Å². The Bertz CT molecular complexity index is 986. The minimum absolute atomic E-state index is 0.00366. The van der Waals surface area contributed by atoms with Crippen LogP contribution in [0.5, 0.6) is 11.5 Å². The van der Waals surface area contributed by atoms with Gasteiger partial charge in [0.15, 0.2) is 11.5 Å². The van der Waals surface area contributed by atoms with Crippen LogP contribution in [0.1, 0.15) is 59.4 Å². The van der Waals surface area contributed by atoms with Crippen LogP contribution in [0, 0.1) is 6.92 Å². The van der Waals surface area contributed by atoms with Gasteiger partial charge in [0.25, 0.3) is 11.8 Å². The van der Waals surface area contributed by atoms with Gasteiger partial charge in [-0.2, -0.15) is 0 Å². The zero-order valence-electron chi connectivity index (χ0n) is 18.2. The van der Waals surface area contributed by atoms with E-state index in [2.05, 4.69) is 5.32 Å². The number of hydrogen-bond donors (Lipinski definition) is 1. The molecule has 0 fully saturated rings. The van der Waals surface area contributed by atoms with Gasteiger partial charge in [0.2, 0.25) is 5.91 Å². The quantitative estimate of drug-likeness (QED) is 0.578. The minimum atomic E-state index is -0.361. The highest BCUT2D eigenvalue weighted by Gasteiger charge is 2.35. The summed E-state index contributed by atoms with van der Waals surface area (Å²) >= 11 is 0. The molecule has 7 nitrogen and oxygen atoms in total. The number of nitrogens with zero attached hydrogens (tertiary/aromatic N) is 1. The number of aryl methyl sites for hydroxylation is 1. The summed E-state index contributed by atoms with van der Waals surface area (Å²) in [6.45, 7) is 7.04. The van der Waals surface area contributed by atoms with Crippen molar-refractivity contribution < 1.29 is 23.9 Å². The van der Waals surface area contributed by atoms with Gasteiger partial charge in [0, 0.05) is 24.7 Å². The van der Waals surface area contributed by atoms with Gasteiger partial charge in [0.1, 0.15) is 0 Å². The zero-order chi connectivity index (χ0) is 22.4. The van der Waals surface area contributed by atoms with Crippen LogP contribution in [0.2, 0.25) is 0 Å². The normalized spacial score (nSPS) is 12.7. The molecule has 0 aromatic heterocycles. The Morgan fingerprint density at radius 1 is 0.903 bits per heavy atom. The molecule has 2 aromatic rings. The molecule has 0 unspecified atom stereocenters. The van der Waals surface area contributed by atoms with Crippen molar-refractivity contribution in [2.45, 2.75) is 40.0 Å². The van der Waals surface area contributed by atoms with Crippen LogP contribution in [0.4, 0.5) is 5.69 Å². The van der Waals surface area contributed by atoms with Crippen LogP contribution >= 0.6 is 0 Å². The fraction of sp³-hybridized carbons (Fsp3) is 0.375. The average Bonchev–Trinajstić information content (AvgIpc) is 2.99. The summed E-state index contributed by atoms with van der Waals surface area (Å²) in [5, 5.41) is 2.80. The highest BCUT2D eigenvalue weighted by Crippen LogP contribution is 2.31. The lowest BCUT2D eigenvalue weighted by Gasteiger charge is -2.15. The summed E-state index contributed by atoms with van der Waals surface area (Å²) in [5.74, 6) is 0.194. The van der Waals surface area contributed by atoms with Gasteiger partial charge in [-0.25, -0.2) is 0 Å². The lowest BCUT2D eigenvalue weighted by Crippen LogP contribution is -2.32. The highest BCUT2D eigenvalue weighted by molar-refractivity contribution is 6.21. The van der Waals surface area contributed by atoms with Crippen molar-refractivity contribution in [3.05, 3.63) is 53.1 Å². The molecule has 0 bridgehead atoms. The zero-order valence-corrected chi connectivity index (χ0v) is 18.2. The van der Waals surface area contributed by atoms with E-state index in [1.807, 2.05) is 20.8 Å². The topological polar surface area (TPSA) is 84.9 Å². The number of benzene rings is 2. The van der Waals surface area contributed by atoms with E-state index in [-0.39, 0.29) is 30.7 Å². The Hall–Kier alpha value is -3.35. The first kappa shape index (κ1) is 22.3. The van der Waals surface area contributed by atoms with Crippen molar-refractivity contribution >= 4 is 23.4 Å². The predicted molar refractivity (Wildman–Crippen MR) is 118 cm³/mol. The lowest BCUT2D eigenvalue weighted by molar-refractivity contribution is -0.116. The molecule has 164 valence electrons. The molecule has 7 heteroatoms. The van der Waals surface area contributed by atoms with Crippen molar-refractivity contribution in [1.29, 1.82) is 0 Å². The van der Waals surface area contributed by atoms with Crippen molar-refractivity contribution in [2.75, 3.05) is 25.1 Å². The third kappa shape index (κ3) is 5.23. The second-order valence-electron chi connectivity index (χ2n) is 7.47. The maximum absolute atomic E-state index is 12.5. The molecule has 3 rings (SSSR count). The average molecular weight is 424 g/mol. The number of amides is 3. The van der Waals surface area contributed by atoms with Gasteiger partial charge in [-0.3, -0.25) is 19.3 Å². The molecule has 1 heterocycles. The fourth-order valence-electron chi connectivity index (χ4n) is 3.29. The standard InChI is InChI=1S/C24H28N2O5/c1-4-12-30-20-9-7-17(15-21(20)31-13-5-2)25-22(27)10-11-26-23(28)18-8-6-16(3)14-19(18)24(26)29/h6-9,14-15H,4-5,10-13H2,1-3H3,(H,25,27). The molecule has 3 amide bonds. The highest BCUT2D eigenvalue weighted by atomic mass is 16.5. The first-order valence-corrected chi connectivity index (χ1v) is 10.6. The van der Waals surface area contributed by atoms with Gasteiger partial charge in [-0.1, -0.05) is 25.5 Å². The molecule has 0 saturated carbocycles. The third-order valence-corrected chi connectivity index (χ3v) is 4.84. The van der Waals surface area contributed by atoms with E-state index in [4.69, 9.17) is 9.47 Å². The van der Waals surface area contributed by atoms with Crippen LogP contribution in [-0.2, 0) is 4.79 Å². The van der Waals surface area contributed by atoms with Gasteiger partial charge >= 0.3 is 0 Å². The molecule has 1 N–H and O–H groups in total. The maximum Gasteiger partial charge on any atom is 0.261 e. The van der Waals surface area contributed by atoms with E-state index < -0.39 is 0 Å². The largest absolute Gasteiger partial charge is 0.490 e. The number of rotatable bonds is 10. The van der Waals surface area contributed by atoms with Crippen LogP contribution in [-0.4, -0.2) is 42.4 Å². The summed E-state index contributed by atoms with van der Waals surface area (Å²) < 4.78 is 11.4. The van der Waals surface area contributed by atoms with E-state index in [0.717, 1.165) is 23.3 Å².